The first-order chi connectivity index (χ1) is 7.72. The van der Waals surface area contributed by atoms with Crippen molar-refractivity contribution in [3.8, 4) is 11.9 Å². The molecule has 2 N–H and O–H groups in total. The van der Waals surface area contributed by atoms with Crippen molar-refractivity contribution < 1.29 is 0 Å². The van der Waals surface area contributed by atoms with Gasteiger partial charge in [-0.2, -0.15) is 5.26 Å². The highest BCUT2D eigenvalue weighted by atomic mass is 15.1. The summed E-state index contributed by atoms with van der Waals surface area (Å²) in [6, 6.07) is 5.67. The molecule has 5 heteroatoms. The third kappa shape index (κ3) is 1.78. The van der Waals surface area contributed by atoms with Gasteiger partial charge in [0.2, 0.25) is 5.82 Å². The van der Waals surface area contributed by atoms with Crippen LogP contribution >= 0.6 is 0 Å². The molecular formula is C11H11N5. The van der Waals surface area contributed by atoms with Gasteiger partial charge in [0.25, 0.3) is 0 Å². The van der Waals surface area contributed by atoms with Crippen LogP contribution in [0.5, 0.6) is 0 Å². The van der Waals surface area contributed by atoms with Gasteiger partial charge in [-0.1, -0.05) is 6.07 Å². The second-order valence-electron chi connectivity index (χ2n) is 3.47. The van der Waals surface area contributed by atoms with E-state index in [-0.39, 0.29) is 6.04 Å². The normalized spacial score (nSPS) is 12.1. The maximum absolute atomic E-state index is 8.83. The molecule has 0 spiro atoms. The number of pyridine rings is 1. The van der Waals surface area contributed by atoms with E-state index in [1.807, 2.05) is 25.1 Å². The molecule has 0 aliphatic carbocycles. The number of aromatic nitrogens is 3. The number of imidazole rings is 1. The number of nitriles is 1. The molecule has 1 unspecified atom stereocenters. The van der Waals surface area contributed by atoms with Gasteiger partial charge in [0, 0.05) is 24.6 Å². The largest absolute Gasteiger partial charge is 0.324 e. The van der Waals surface area contributed by atoms with Gasteiger partial charge in [0.15, 0.2) is 0 Å². The number of hydrogen-bond acceptors (Lipinski definition) is 4. The summed E-state index contributed by atoms with van der Waals surface area (Å²) in [6.07, 6.45) is 4.98. The minimum Gasteiger partial charge on any atom is -0.324 e. The first kappa shape index (κ1) is 10.3. The average Bonchev–Trinajstić information content (AvgIpc) is 2.77. The van der Waals surface area contributed by atoms with Crippen LogP contribution in [-0.2, 0) is 0 Å². The van der Waals surface area contributed by atoms with Crippen LogP contribution in [0.2, 0.25) is 0 Å². The third-order valence-corrected chi connectivity index (χ3v) is 2.28. The molecule has 0 radical (unpaired) electrons. The molecule has 80 valence electrons. The Morgan fingerprint density at radius 1 is 1.44 bits per heavy atom. The molecule has 16 heavy (non-hydrogen) atoms. The van der Waals surface area contributed by atoms with E-state index in [9.17, 15) is 0 Å². The van der Waals surface area contributed by atoms with E-state index >= 15 is 0 Å². The quantitative estimate of drug-likeness (QED) is 0.811. The van der Waals surface area contributed by atoms with Crippen LogP contribution in [0.4, 0.5) is 0 Å². The topological polar surface area (TPSA) is 80.5 Å². The summed E-state index contributed by atoms with van der Waals surface area (Å²) in [5.74, 6) is 0.986. The molecule has 5 nitrogen and oxygen atoms in total. The van der Waals surface area contributed by atoms with E-state index in [0.717, 1.165) is 5.56 Å². The first-order valence-electron chi connectivity index (χ1n) is 4.87. The standard InChI is InChI=1S/C11H11N5/c1-8(13)9-2-3-10(15-7-9)16-5-4-14-11(16)6-12/h2-5,7-8H,13H2,1H3. The Morgan fingerprint density at radius 2 is 2.25 bits per heavy atom. The fourth-order valence-corrected chi connectivity index (χ4v) is 1.38. The van der Waals surface area contributed by atoms with E-state index in [4.69, 9.17) is 11.0 Å². The molecule has 2 aromatic rings. The smallest absolute Gasteiger partial charge is 0.218 e. The van der Waals surface area contributed by atoms with Crippen LogP contribution in [0.3, 0.4) is 0 Å². The lowest BCUT2D eigenvalue weighted by Gasteiger charge is -2.06. The van der Waals surface area contributed by atoms with Crippen molar-refractivity contribution in [1.29, 1.82) is 5.26 Å². The van der Waals surface area contributed by atoms with Gasteiger partial charge in [-0.25, -0.2) is 9.97 Å². The predicted molar refractivity (Wildman–Crippen MR) is 58.7 cm³/mol. The van der Waals surface area contributed by atoms with Crippen molar-refractivity contribution in [3.05, 3.63) is 42.1 Å². The zero-order chi connectivity index (χ0) is 11.5. The third-order valence-electron chi connectivity index (χ3n) is 2.28. The molecule has 2 aromatic heterocycles. The Kier molecular flexibility index (Phi) is 2.66. The highest BCUT2D eigenvalue weighted by Crippen LogP contribution is 2.11. The Bertz CT molecular complexity index is 518. The fourth-order valence-electron chi connectivity index (χ4n) is 1.38. The van der Waals surface area contributed by atoms with Gasteiger partial charge < -0.3 is 5.73 Å². The number of rotatable bonds is 2. The van der Waals surface area contributed by atoms with Gasteiger partial charge in [0.1, 0.15) is 11.9 Å². The van der Waals surface area contributed by atoms with Crippen molar-refractivity contribution in [2.75, 3.05) is 0 Å². The van der Waals surface area contributed by atoms with Crippen molar-refractivity contribution >= 4 is 0 Å². The van der Waals surface area contributed by atoms with Crippen molar-refractivity contribution in [2.45, 2.75) is 13.0 Å². The van der Waals surface area contributed by atoms with Crippen molar-refractivity contribution in [1.82, 2.24) is 14.5 Å². The molecule has 0 saturated heterocycles. The van der Waals surface area contributed by atoms with E-state index < -0.39 is 0 Å². The highest BCUT2D eigenvalue weighted by Gasteiger charge is 2.05. The lowest BCUT2D eigenvalue weighted by Crippen LogP contribution is -2.06. The zero-order valence-electron chi connectivity index (χ0n) is 8.83. The van der Waals surface area contributed by atoms with Crippen LogP contribution < -0.4 is 5.73 Å². The number of nitrogens with zero attached hydrogens (tertiary/aromatic N) is 4. The SMILES string of the molecule is CC(N)c1ccc(-n2ccnc2C#N)nc1. The molecule has 0 fully saturated rings. The molecule has 2 heterocycles. The highest BCUT2D eigenvalue weighted by molar-refractivity contribution is 5.31. The summed E-state index contributed by atoms with van der Waals surface area (Å²) in [5, 5.41) is 8.83. The van der Waals surface area contributed by atoms with E-state index in [1.54, 1.807) is 23.2 Å². The van der Waals surface area contributed by atoms with E-state index in [1.165, 1.54) is 0 Å². The van der Waals surface area contributed by atoms with Gasteiger partial charge in [-0.15, -0.1) is 0 Å². The lowest BCUT2D eigenvalue weighted by molar-refractivity contribution is 0.807. The average molecular weight is 213 g/mol. The van der Waals surface area contributed by atoms with Crippen LogP contribution in [0.15, 0.2) is 30.7 Å². The number of hydrogen-bond donors (Lipinski definition) is 1. The van der Waals surface area contributed by atoms with Gasteiger partial charge >= 0.3 is 0 Å². The molecule has 0 bridgehead atoms. The molecule has 0 aliphatic heterocycles. The lowest BCUT2D eigenvalue weighted by atomic mass is 10.1. The Hall–Kier alpha value is -2.19. The number of nitrogens with two attached hydrogens (primary N) is 1. The maximum atomic E-state index is 8.83. The van der Waals surface area contributed by atoms with Crippen LogP contribution in [0.25, 0.3) is 5.82 Å². The fraction of sp³-hybridized carbons (Fsp3) is 0.182. The molecule has 0 saturated carbocycles. The second-order valence-corrected chi connectivity index (χ2v) is 3.47. The van der Waals surface area contributed by atoms with E-state index in [0.29, 0.717) is 11.6 Å². The monoisotopic (exact) mass is 213 g/mol. The Balaban J connectivity index is 2.39. The van der Waals surface area contributed by atoms with Crippen molar-refractivity contribution in [3.63, 3.8) is 0 Å². The van der Waals surface area contributed by atoms with Gasteiger partial charge in [0.05, 0.1) is 0 Å². The predicted octanol–water partition coefficient (Wildman–Crippen LogP) is 1.16. The summed E-state index contributed by atoms with van der Waals surface area (Å²) in [6.45, 7) is 1.90. The van der Waals surface area contributed by atoms with Crippen molar-refractivity contribution in [2.24, 2.45) is 5.73 Å². The molecule has 0 aliphatic rings. The second kappa shape index (κ2) is 4.13. The van der Waals surface area contributed by atoms with Crippen LogP contribution in [0.1, 0.15) is 24.4 Å². The van der Waals surface area contributed by atoms with Crippen LogP contribution in [0, 0.1) is 11.3 Å². The summed E-state index contributed by atoms with van der Waals surface area (Å²) in [5.41, 5.74) is 6.69. The summed E-state index contributed by atoms with van der Waals surface area (Å²) in [7, 11) is 0. The van der Waals surface area contributed by atoms with Gasteiger partial charge in [-0.3, -0.25) is 4.57 Å². The zero-order valence-corrected chi connectivity index (χ0v) is 8.83. The summed E-state index contributed by atoms with van der Waals surface area (Å²) in [4.78, 5) is 8.15. The molecule has 0 amide bonds. The minimum atomic E-state index is -0.0419. The molecule has 1 atom stereocenters. The summed E-state index contributed by atoms with van der Waals surface area (Å²) < 4.78 is 1.63. The van der Waals surface area contributed by atoms with E-state index in [2.05, 4.69) is 9.97 Å². The van der Waals surface area contributed by atoms with Gasteiger partial charge in [-0.05, 0) is 18.6 Å². The molecular weight excluding hydrogens is 202 g/mol. The van der Waals surface area contributed by atoms with Crippen LogP contribution in [-0.4, -0.2) is 14.5 Å². The Morgan fingerprint density at radius 3 is 2.81 bits per heavy atom. The molecule has 0 aromatic carbocycles. The Labute approximate surface area is 93.2 Å². The maximum Gasteiger partial charge on any atom is 0.218 e. The molecule has 2 rings (SSSR count). The summed E-state index contributed by atoms with van der Waals surface area (Å²) >= 11 is 0. The first-order valence-corrected chi connectivity index (χ1v) is 4.87. The minimum absolute atomic E-state index is 0.0419.